The van der Waals surface area contributed by atoms with Crippen LogP contribution in [0.5, 0.6) is 0 Å². The van der Waals surface area contributed by atoms with Gasteiger partial charge in [0.05, 0.1) is 0 Å². The lowest BCUT2D eigenvalue weighted by Gasteiger charge is -2.09. The lowest BCUT2D eigenvalue weighted by atomic mass is 10.1. The fourth-order valence-corrected chi connectivity index (χ4v) is 2.35. The van der Waals surface area contributed by atoms with Crippen molar-refractivity contribution in [2.75, 3.05) is 27.2 Å². The Hall–Kier alpha value is -0.570. The first kappa shape index (κ1) is 20.4. The van der Waals surface area contributed by atoms with Gasteiger partial charge >= 0.3 is 5.97 Å². The normalized spacial score (nSPS) is 11.0. The summed E-state index contributed by atoms with van der Waals surface area (Å²) in [5.41, 5.74) is 0. The van der Waals surface area contributed by atoms with Crippen LogP contribution in [0.2, 0.25) is 0 Å². The summed E-state index contributed by atoms with van der Waals surface area (Å²) in [6, 6.07) is 0. The van der Waals surface area contributed by atoms with Crippen LogP contribution in [0.1, 0.15) is 84.0 Å². The molecule has 0 aliphatic rings. The van der Waals surface area contributed by atoms with Crippen molar-refractivity contribution < 1.29 is 9.53 Å². The third-order valence-corrected chi connectivity index (χ3v) is 3.79. The zero-order valence-electron chi connectivity index (χ0n) is 14.7. The number of likely N-dealkylation sites (N-methyl/N-ethyl adjacent to an activating group) is 1. The molecule has 0 spiro atoms. The standard InChI is InChI=1S/C18H37NO2/c1-4-5-6-7-8-9-10-11-12-13-14-15-18(20)21-17-16-19(2)3/h4-17H2,1-3H3. The Bertz CT molecular complexity index is 229. The van der Waals surface area contributed by atoms with Crippen molar-refractivity contribution in [2.45, 2.75) is 84.0 Å². The van der Waals surface area contributed by atoms with Gasteiger partial charge in [0.15, 0.2) is 0 Å². The summed E-state index contributed by atoms with van der Waals surface area (Å²) in [5, 5.41) is 0. The Balaban J connectivity index is 3.12. The third kappa shape index (κ3) is 17.4. The second-order valence-electron chi connectivity index (χ2n) is 6.31. The van der Waals surface area contributed by atoms with Gasteiger partial charge in [0.25, 0.3) is 0 Å². The zero-order chi connectivity index (χ0) is 15.8. The van der Waals surface area contributed by atoms with Crippen molar-refractivity contribution in [3.8, 4) is 0 Å². The number of unbranched alkanes of at least 4 members (excludes halogenated alkanes) is 10. The summed E-state index contributed by atoms with van der Waals surface area (Å²) in [5.74, 6) is -0.0345. The lowest BCUT2D eigenvalue weighted by molar-refractivity contribution is -0.144. The van der Waals surface area contributed by atoms with Gasteiger partial charge in [-0.3, -0.25) is 4.79 Å². The van der Waals surface area contributed by atoms with E-state index in [1.165, 1.54) is 64.2 Å². The maximum absolute atomic E-state index is 11.4. The summed E-state index contributed by atoms with van der Waals surface area (Å²) in [6.45, 7) is 3.59. The van der Waals surface area contributed by atoms with E-state index in [0.717, 1.165) is 13.0 Å². The molecule has 21 heavy (non-hydrogen) atoms. The fourth-order valence-electron chi connectivity index (χ4n) is 2.35. The molecule has 0 aromatic heterocycles. The predicted octanol–water partition coefficient (Wildman–Crippen LogP) is 4.79. The molecule has 3 heteroatoms. The molecule has 0 aliphatic carbocycles. The average molecular weight is 299 g/mol. The second kappa shape index (κ2) is 15.8. The van der Waals surface area contributed by atoms with Gasteiger partial charge in [-0.1, -0.05) is 71.1 Å². The summed E-state index contributed by atoms with van der Waals surface area (Å²) >= 11 is 0. The smallest absolute Gasteiger partial charge is 0.305 e. The maximum Gasteiger partial charge on any atom is 0.305 e. The topological polar surface area (TPSA) is 29.5 Å². The summed E-state index contributed by atoms with van der Waals surface area (Å²) in [4.78, 5) is 13.5. The highest BCUT2D eigenvalue weighted by molar-refractivity contribution is 5.69. The monoisotopic (exact) mass is 299 g/mol. The van der Waals surface area contributed by atoms with Gasteiger partial charge in [-0.2, -0.15) is 0 Å². The Morgan fingerprint density at radius 1 is 0.810 bits per heavy atom. The molecule has 0 aliphatic heterocycles. The summed E-state index contributed by atoms with van der Waals surface area (Å²) in [6.07, 6.45) is 15.0. The van der Waals surface area contributed by atoms with Gasteiger partial charge in [-0.05, 0) is 20.5 Å². The van der Waals surface area contributed by atoms with Crippen LogP contribution in [-0.4, -0.2) is 38.1 Å². The van der Waals surface area contributed by atoms with Crippen molar-refractivity contribution in [3.63, 3.8) is 0 Å². The minimum atomic E-state index is -0.0345. The lowest BCUT2D eigenvalue weighted by Crippen LogP contribution is -2.20. The Kier molecular flexibility index (Phi) is 15.4. The third-order valence-electron chi connectivity index (χ3n) is 3.79. The molecule has 0 aromatic rings. The predicted molar refractivity (Wildman–Crippen MR) is 90.6 cm³/mol. The van der Waals surface area contributed by atoms with Crippen LogP contribution in [-0.2, 0) is 9.53 Å². The Labute approximate surface area is 132 Å². The molecule has 0 heterocycles. The van der Waals surface area contributed by atoms with Gasteiger partial charge in [0.2, 0.25) is 0 Å². The Morgan fingerprint density at radius 3 is 1.76 bits per heavy atom. The molecule has 0 saturated carbocycles. The minimum absolute atomic E-state index is 0.0345. The molecule has 0 bridgehead atoms. The van der Waals surface area contributed by atoms with Crippen LogP contribution < -0.4 is 0 Å². The largest absolute Gasteiger partial charge is 0.464 e. The second-order valence-corrected chi connectivity index (χ2v) is 6.31. The van der Waals surface area contributed by atoms with Crippen LogP contribution in [0.15, 0.2) is 0 Å². The summed E-state index contributed by atoms with van der Waals surface area (Å²) in [7, 11) is 3.97. The van der Waals surface area contributed by atoms with Gasteiger partial charge in [0.1, 0.15) is 6.61 Å². The van der Waals surface area contributed by atoms with Gasteiger partial charge in [-0.15, -0.1) is 0 Å². The highest BCUT2D eigenvalue weighted by Gasteiger charge is 2.02. The molecule has 0 rings (SSSR count). The van der Waals surface area contributed by atoms with E-state index in [9.17, 15) is 4.79 Å². The molecule has 0 unspecified atom stereocenters. The van der Waals surface area contributed by atoms with Crippen LogP contribution >= 0.6 is 0 Å². The van der Waals surface area contributed by atoms with Gasteiger partial charge < -0.3 is 9.64 Å². The van der Waals surface area contributed by atoms with E-state index in [2.05, 4.69) is 6.92 Å². The van der Waals surface area contributed by atoms with Gasteiger partial charge in [-0.25, -0.2) is 0 Å². The summed E-state index contributed by atoms with van der Waals surface area (Å²) < 4.78 is 5.16. The van der Waals surface area contributed by atoms with E-state index in [-0.39, 0.29) is 5.97 Å². The molecule has 0 atom stereocenters. The number of rotatable bonds is 15. The molecule has 0 fully saturated rings. The minimum Gasteiger partial charge on any atom is -0.464 e. The molecule has 0 N–H and O–H groups in total. The van der Waals surface area contributed by atoms with E-state index in [0.29, 0.717) is 13.0 Å². The number of carbonyl (C=O) groups is 1. The van der Waals surface area contributed by atoms with Crippen molar-refractivity contribution >= 4 is 5.97 Å². The van der Waals surface area contributed by atoms with E-state index in [1.54, 1.807) is 0 Å². The number of hydrogen-bond donors (Lipinski definition) is 0. The zero-order valence-corrected chi connectivity index (χ0v) is 14.7. The first-order valence-electron chi connectivity index (χ1n) is 8.97. The first-order valence-corrected chi connectivity index (χ1v) is 8.97. The van der Waals surface area contributed by atoms with Crippen molar-refractivity contribution in [1.82, 2.24) is 4.90 Å². The molecule has 0 radical (unpaired) electrons. The molecular formula is C18H37NO2. The molecule has 0 aromatic carbocycles. The number of carbonyl (C=O) groups excluding carboxylic acids is 1. The van der Waals surface area contributed by atoms with Gasteiger partial charge in [0, 0.05) is 13.0 Å². The Morgan fingerprint density at radius 2 is 1.29 bits per heavy atom. The van der Waals surface area contributed by atoms with Crippen LogP contribution in [0.3, 0.4) is 0 Å². The SMILES string of the molecule is CCCCCCCCCCCCCC(=O)OCCN(C)C. The molecule has 3 nitrogen and oxygen atoms in total. The van der Waals surface area contributed by atoms with Crippen LogP contribution in [0.25, 0.3) is 0 Å². The van der Waals surface area contributed by atoms with Crippen LogP contribution in [0, 0.1) is 0 Å². The number of nitrogens with zero attached hydrogens (tertiary/aromatic N) is 1. The van der Waals surface area contributed by atoms with Crippen molar-refractivity contribution in [3.05, 3.63) is 0 Å². The van der Waals surface area contributed by atoms with Crippen LogP contribution in [0.4, 0.5) is 0 Å². The van der Waals surface area contributed by atoms with E-state index in [4.69, 9.17) is 4.74 Å². The number of ether oxygens (including phenoxy) is 1. The molecule has 0 amide bonds. The quantitative estimate of drug-likeness (QED) is 0.321. The van der Waals surface area contributed by atoms with Crippen molar-refractivity contribution in [1.29, 1.82) is 0 Å². The molecule has 0 saturated heterocycles. The maximum atomic E-state index is 11.4. The van der Waals surface area contributed by atoms with E-state index < -0.39 is 0 Å². The van der Waals surface area contributed by atoms with E-state index >= 15 is 0 Å². The van der Waals surface area contributed by atoms with Crippen molar-refractivity contribution in [2.24, 2.45) is 0 Å². The first-order chi connectivity index (χ1) is 10.2. The highest BCUT2D eigenvalue weighted by atomic mass is 16.5. The van der Waals surface area contributed by atoms with E-state index in [1.807, 2.05) is 19.0 Å². The molecular weight excluding hydrogens is 262 g/mol. The average Bonchev–Trinajstić information content (AvgIpc) is 2.44. The molecule has 126 valence electrons. The highest BCUT2D eigenvalue weighted by Crippen LogP contribution is 2.12. The fraction of sp³-hybridized carbons (Fsp3) is 0.944. The number of hydrogen-bond acceptors (Lipinski definition) is 3. The number of esters is 1.